The van der Waals surface area contributed by atoms with Crippen LogP contribution < -0.4 is 5.32 Å². The van der Waals surface area contributed by atoms with Gasteiger partial charge < -0.3 is 10.3 Å². The first kappa shape index (κ1) is 13.2. The quantitative estimate of drug-likeness (QED) is 0.863. The Labute approximate surface area is 119 Å². The fourth-order valence-corrected chi connectivity index (χ4v) is 3.43. The van der Waals surface area contributed by atoms with E-state index in [1.165, 1.54) is 25.0 Å². The number of fused-ring (bicyclic) bond motifs is 1. The molecule has 2 nitrogen and oxygen atoms in total. The third kappa shape index (κ3) is 2.58. The number of halogens is 1. The number of nitrogens with one attached hydrogen (secondary N) is 2. The molecule has 1 aliphatic rings. The van der Waals surface area contributed by atoms with E-state index in [0.29, 0.717) is 12.0 Å². The normalized spacial score (nSPS) is 22.3. The van der Waals surface area contributed by atoms with Crippen LogP contribution in [0.3, 0.4) is 0 Å². The highest BCUT2D eigenvalue weighted by Gasteiger charge is 2.24. The Bertz CT molecular complexity index is 629. The van der Waals surface area contributed by atoms with E-state index >= 15 is 0 Å². The van der Waals surface area contributed by atoms with Crippen LogP contribution in [-0.2, 0) is 6.42 Å². The summed E-state index contributed by atoms with van der Waals surface area (Å²) in [4.78, 5) is 3.37. The first-order valence-corrected chi connectivity index (χ1v) is 7.30. The summed E-state index contributed by atoms with van der Waals surface area (Å²) < 4.78 is 13.4. The molecule has 1 aromatic carbocycles. The molecule has 0 aliphatic heterocycles. The van der Waals surface area contributed by atoms with E-state index < -0.39 is 0 Å². The van der Waals surface area contributed by atoms with Gasteiger partial charge >= 0.3 is 0 Å². The van der Waals surface area contributed by atoms with Crippen molar-refractivity contribution < 1.29 is 4.39 Å². The van der Waals surface area contributed by atoms with E-state index in [2.05, 4.69) is 22.9 Å². The summed E-state index contributed by atoms with van der Waals surface area (Å²) in [6, 6.07) is 5.93. The molecule has 20 heavy (non-hydrogen) atoms. The summed E-state index contributed by atoms with van der Waals surface area (Å²) in [6.07, 6.45) is 6.49. The minimum Gasteiger partial charge on any atom is -0.389 e. The SMILES string of the molecule is C=CNC1CCC(Cc2cc3c(C)cc(F)cc3[nH]2)C1. The van der Waals surface area contributed by atoms with E-state index in [0.717, 1.165) is 22.9 Å². The van der Waals surface area contributed by atoms with Gasteiger partial charge in [0.05, 0.1) is 0 Å². The molecule has 0 bridgehead atoms. The number of rotatable bonds is 4. The van der Waals surface area contributed by atoms with Crippen LogP contribution in [0.4, 0.5) is 4.39 Å². The third-order valence-corrected chi connectivity index (χ3v) is 4.37. The van der Waals surface area contributed by atoms with Gasteiger partial charge in [0.1, 0.15) is 5.82 Å². The van der Waals surface area contributed by atoms with Gasteiger partial charge in [-0.25, -0.2) is 4.39 Å². The predicted molar refractivity (Wildman–Crippen MR) is 81.2 cm³/mol. The summed E-state index contributed by atoms with van der Waals surface area (Å²) in [5.74, 6) is 0.533. The van der Waals surface area contributed by atoms with Crippen LogP contribution in [0.15, 0.2) is 31.0 Å². The molecule has 2 N–H and O–H groups in total. The van der Waals surface area contributed by atoms with Gasteiger partial charge in [-0.2, -0.15) is 0 Å². The second-order valence-corrected chi connectivity index (χ2v) is 5.93. The maximum atomic E-state index is 13.4. The minimum atomic E-state index is -0.167. The Morgan fingerprint density at radius 1 is 1.40 bits per heavy atom. The average molecular weight is 272 g/mol. The molecule has 2 unspecified atom stereocenters. The Morgan fingerprint density at radius 2 is 2.25 bits per heavy atom. The number of hydrogen-bond acceptors (Lipinski definition) is 1. The number of aryl methyl sites for hydroxylation is 1. The molecule has 0 saturated heterocycles. The fraction of sp³-hybridized carbons (Fsp3) is 0.412. The van der Waals surface area contributed by atoms with Crippen LogP contribution in [-0.4, -0.2) is 11.0 Å². The molecule has 106 valence electrons. The lowest BCUT2D eigenvalue weighted by Gasteiger charge is -2.10. The van der Waals surface area contributed by atoms with Crippen molar-refractivity contribution in [2.75, 3.05) is 0 Å². The third-order valence-electron chi connectivity index (χ3n) is 4.37. The number of aromatic nitrogens is 1. The number of aromatic amines is 1. The zero-order valence-electron chi connectivity index (χ0n) is 11.9. The standard InChI is InChI=1S/C17H21FN2/c1-3-19-14-5-4-12(7-14)8-15-10-16-11(2)6-13(18)9-17(16)20-15/h3,6,9-10,12,14,19-20H,1,4-5,7-8H2,2H3. The van der Waals surface area contributed by atoms with Crippen molar-refractivity contribution in [3.63, 3.8) is 0 Å². The van der Waals surface area contributed by atoms with E-state index in [1.807, 2.05) is 6.92 Å². The minimum absolute atomic E-state index is 0.167. The lowest BCUT2D eigenvalue weighted by molar-refractivity contribution is 0.514. The largest absolute Gasteiger partial charge is 0.389 e. The summed E-state index contributed by atoms with van der Waals surface area (Å²) in [5.41, 5.74) is 3.13. The molecule has 2 atom stereocenters. The van der Waals surface area contributed by atoms with E-state index in [1.54, 1.807) is 18.3 Å². The van der Waals surface area contributed by atoms with Crippen molar-refractivity contribution in [2.24, 2.45) is 5.92 Å². The topological polar surface area (TPSA) is 27.8 Å². The molecular formula is C17H21FN2. The van der Waals surface area contributed by atoms with E-state index in [4.69, 9.17) is 0 Å². The van der Waals surface area contributed by atoms with Crippen LogP contribution in [0.1, 0.15) is 30.5 Å². The van der Waals surface area contributed by atoms with Gasteiger partial charge in [-0.05, 0) is 68.5 Å². The van der Waals surface area contributed by atoms with Gasteiger partial charge in [-0.15, -0.1) is 0 Å². The lowest BCUT2D eigenvalue weighted by atomic mass is 10.0. The van der Waals surface area contributed by atoms with Crippen LogP contribution in [0.2, 0.25) is 0 Å². The second kappa shape index (κ2) is 5.31. The predicted octanol–water partition coefficient (Wildman–Crippen LogP) is 4.06. The first-order valence-electron chi connectivity index (χ1n) is 7.30. The van der Waals surface area contributed by atoms with Gasteiger partial charge in [-0.1, -0.05) is 6.58 Å². The van der Waals surface area contributed by atoms with E-state index in [9.17, 15) is 4.39 Å². The maximum absolute atomic E-state index is 13.4. The Hall–Kier alpha value is -1.77. The summed E-state index contributed by atoms with van der Waals surface area (Å²) >= 11 is 0. The Kier molecular flexibility index (Phi) is 3.51. The zero-order valence-corrected chi connectivity index (χ0v) is 11.9. The molecular weight excluding hydrogens is 251 g/mol. The van der Waals surface area contributed by atoms with Crippen molar-refractivity contribution >= 4 is 10.9 Å². The molecule has 2 aromatic rings. The monoisotopic (exact) mass is 272 g/mol. The maximum Gasteiger partial charge on any atom is 0.125 e. The first-order chi connectivity index (χ1) is 9.65. The highest BCUT2D eigenvalue weighted by Crippen LogP contribution is 2.30. The van der Waals surface area contributed by atoms with Crippen molar-refractivity contribution in [1.82, 2.24) is 10.3 Å². The molecule has 0 spiro atoms. The van der Waals surface area contributed by atoms with Crippen LogP contribution >= 0.6 is 0 Å². The zero-order chi connectivity index (χ0) is 14.1. The molecule has 3 rings (SSSR count). The molecule has 0 amide bonds. The van der Waals surface area contributed by atoms with Gasteiger partial charge in [-0.3, -0.25) is 0 Å². The Balaban J connectivity index is 1.75. The number of H-pyrrole nitrogens is 1. The van der Waals surface area contributed by atoms with Gasteiger partial charge in [0.15, 0.2) is 0 Å². The smallest absolute Gasteiger partial charge is 0.125 e. The van der Waals surface area contributed by atoms with Crippen LogP contribution in [0.5, 0.6) is 0 Å². The van der Waals surface area contributed by atoms with Crippen LogP contribution in [0.25, 0.3) is 10.9 Å². The highest BCUT2D eigenvalue weighted by molar-refractivity contribution is 5.83. The Morgan fingerprint density at radius 3 is 3.05 bits per heavy atom. The molecule has 1 heterocycles. The lowest BCUT2D eigenvalue weighted by Crippen LogP contribution is -2.20. The summed E-state index contributed by atoms with van der Waals surface area (Å²) in [5, 5.41) is 4.45. The molecule has 1 aliphatic carbocycles. The number of hydrogen-bond donors (Lipinski definition) is 2. The molecule has 3 heteroatoms. The molecule has 1 fully saturated rings. The van der Waals surface area contributed by atoms with Crippen molar-refractivity contribution in [1.29, 1.82) is 0 Å². The summed E-state index contributed by atoms with van der Waals surface area (Å²) in [6.45, 7) is 5.69. The average Bonchev–Trinajstić information content (AvgIpc) is 2.97. The van der Waals surface area contributed by atoms with Gasteiger partial charge in [0, 0.05) is 22.6 Å². The molecule has 0 radical (unpaired) electrons. The van der Waals surface area contributed by atoms with Gasteiger partial charge in [0.2, 0.25) is 0 Å². The number of benzene rings is 1. The van der Waals surface area contributed by atoms with Crippen LogP contribution in [0, 0.1) is 18.7 Å². The van der Waals surface area contributed by atoms with Crippen molar-refractivity contribution in [3.8, 4) is 0 Å². The van der Waals surface area contributed by atoms with Crippen molar-refractivity contribution in [3.05, 3.63) is 48.1 Å². The highest BCUT2D eigenvalue weighted by atomic mass is 19.1. The molecule has 1 saturated carbocycles. The fourth-order valence-electron chi connectivity index (χ4n) is 3.43. The van der Waals surface area contributed by atoms with Crippen molar-refractivity contribution in [2.45, 2.75) is 38.6 Å². The summed E-state index contributed by atoms with van der Waals surface area (Å²) in [7, 11) is 0. The second-order valence-electron chi connectivity index (χ2n) is 5.93. The molecule has 1 aromatic heterocycles. The van der Waals surface area contributed by atoms with E-state index in [-0.39, 0.29) is 5.82 Å². The van der Waals surface area contributed by atoms with Gasteiger partial charge in [0.25, 0.3) is 0 Å².